The molecule has 0 aliphatic heterocycles. The van der Waals surface area contributed by atoms with E-state index in [1.807, 2.05) is 6.07 Å². The van der Waals surface area contributed by atoms with E-state index in [0.717, 1.165) is 5.56 Å². The summed E-state index contributed by atoms with van der Waals surface area (Å²) in [4.78, 5) is 26.4. The topological polar surface area (TPSA) is 115 Å². The summed E-state index contributed by atoms with van der Waals surface area (Å²) in [6, 6.07) is 6.94. The first-order valence-electron chi connectivity index (χ1n) is 7.52. The van der Waals surface area contributed by atoms with Gasteiger partial charge >= 0.3 is 5.97 Å². The molecule has 128 valence electrons. The molecule has 0 fully saturated rings. The molecule has 1 aromatic heterocycles. The van der Waals surface area contributed by atoms with E-state index in [0.29, 0.717) is 43.3 Å². The maximum atomic E-state index is 11.8. The number of ether oxygens (including phenoxy) is 1. The number of aromatic nitrogens is 2. The third-order valence-corrected chi connectivity index (χ3v) is 3.11. The van der Waals surface area contributed by atoms with Crippen LogP contribution in [0.3, 0.4) is 0 Å². The van der Waals surface area contributed by atoms with Crippen molar-refractivity contribution >= 4 is 11.9 Å². The lowest BCUT2D eigenvalue weighted by molar-refractivity contribution is -0.139. The largest absolute Gasteiger partial charge is 0.482 e. The third kappa shape index (κ3) is 6.07. The maximum absolute atomic E-state index is 11.8. The summed E-state index contributed by atoms with van der Waals surface area (Å²) in [5, 5.41) is 15.1. The Kier molecular flexibility index (Phi) is 6.30. The van der Waals surface area contributed by atoms with Crippen LogP contribution in [0.15, 0.2) is 28.8 Å². The molecule has 0 unspecified atom stereocenters. The first-order valence-corrected chi connectivity index (χ1v) is 7.52. The van der Waals surface area contributed by atoms with Crippen LogP contribution in [0.25, 0.3) is 0 Å². The quantitative estimate of drug-likeness (QED) is 0.714. The molecule has 0 saturated heterocycles. The number of carboxylic acid groups (broad SMARTS) is 1. The molecule has 0 aliphatic rings. The van der Waals surface area contributed by atoms with E-state index in [1.165, 1.54) is 0 Å². The van der Waals surface area contributed by atoms with Gasteiger partial charge in [0.15, 0.2) is 12.4 Å². The smallest absolute Gasteiger partial charge is 0.341 e. The van der Waals surface area contributed by atoms with Crippen LogP contribution >= 0.6 is 0 Å². The lowest BCUT2D eigenvalue weighted by atomic mass is 10.2. The summed E-state index contributed by atoms with van der Waals surface area (Å²) in [5.41, 5.74) is 0.832. The van der Waals surface area contributed by atoms with Gasteiger partial charge in [-0.2, -0.15) is 4.98 Å². The number of carboxylic acids is 1. The van der Waals surface area contributed by atoms with Crippen LogP contribution in [-0.4, -0.2) is 33.7 Å². The van der Waals surface area contributed by atoms with E-state index in [1.54, 1.807) is 25.1 Å². The zero-order valence-corrected chi connectivity index (χ0v) is 13.3. The molecule has 8 heteroatoms. The molecule has 0 radical (unpaired) electrons. The van der Waals surface area contributed by atoms with Gasteiger partial charge in [-0.1, -0.05) is 17.3 Å². The van der Waals surface area contributed by atoms with Crippen molar-refractivity contribution in [3.8, 4) is 5.75 Å². The van der Waals surface area contributed by atoms with Crippen molar-refractivity contribution < 1.29 is 24.0 Å². The van der Waals surface area contributed by atoms with Gasteiger partial charge in [-0.05, 0) is 31.0 Å². The molecule has 1 amide bonds. The van der Waals surface area contributed by atoms with Crippen LogP contribution in [0.2, 0.25) is 0 Å². The minimum atomic E-state index is -1.04. The number of amides is 1. The van der Waals surface area contributed by atoms with Crippen LogP contribution < -0.4 is 10.1 Å². The number of rotatable bonds is 9. The van der Waals surface area contributed by atoms with Crippen molar-refractivity contribution in [1.82, 2.24) is 15.5 Å². The normalized spacial score (nSPS) is 10.4. The minimum absolute atomic E-state index is 0.0805. The molecule has 8 nitrogen and oxygen atoms in total. The fraction of sp³-hybridized carbons (Fsp3) is 0.375. The van der Waals surface area contributed by atoms with E-state index in [4.69, 9.17) is 14.4 Å². The fourth-order valence-corrected chi connectivity index (χ4v) is 2.02. The summed E-state index contributed by atoms with van der Waals surface area (Å²) < 4.78 is 10.1. The number of aryl methyl sites for hydroxylation is 2. The van der Waals surface area contributed by atoms with Crippen molar-refractivity contribution in [2.45, 2.75) is 32.7 Å². The average molecular weight is 333 g/mol. The highest BCUT2D eigenvalue weighted by Crippen LogP contribution is 2.13. The van der Waals surface area contributed by atoms with E-state index in [-0.39, 0.29) is 5.91 Å². The predicted molar refractivity (Wildman–Crippen MR) is 83.4 cm³/mol. The van der Waals surface area contributed by atoms with Crippen molar-refractivity contribution in [3.05, 3.63) is 41.5 Å². The van der Waals surface area contributed by atoms with E-state index >= 15 is 0 Å². The number of hydrogen-bond donors (Lipinski definition) is 2. The van der Waals surface area contributed by atoms with Gasteiger partial charge in [0.1, 0.15) is 5.75 Å². The van der Waals surface area contributed by atoms with Crippen molar-refractivity contribution in [3.63, 3.8) is 0 Å². The third-order valence-electron chi connectivity index (χ3n) is 3.11. The van der Waals surface area contributed by atoms with Gasteiger partial charge in [-0.15, -0.1) is 0 Å². The van der Waals surface area contributed by atoms with E-state index in [9.17, 15) is 9.59 Å². The van der Waals surface area contributed by atoms with Crippen LogP contribution in [0.1, 0.15) is 30.1 Å². The van der Waals surface area contributed by atoms with Crippen LogP contribution in [0.4, 0.5) is 0 Å². The fourth-order valence-electron chi connectivity index (χ4n) is 2.02. The molecule has 0 atom stereocenters. The molecular weight excluding hydrogens is 314 g/mol. The number of carbonyl (C=O) groups excluding carboxylic acids is 1. The monoisotopic (exact) mass is 333 g/mol. The number of carbonyl (C=O) groups is 2. The summed E-state index contributed by atoms with van der Waals surface area (Å²) in [6.07, 6.45) is 1.54. The molecule has 1 aromatic carbocycles. The average Bonchev–Trinajstić information content (AvgIpc) is 2.97. The summed E-state index contributed by atoms with van der Waals surface area (Å²) in [6.45, 7) is 1.70. The van der Waals surface area contributed by atoms with Gasteiger partial charge in [0.25, 0.3) is 0 Å². The van der Waals surface area contributed by atoms with Crippen LogP contribution in [0.5, 0.6) is 5.75 Å². The highest BCUT2D eigenvalue weighted by molar-refractivity contribution is 5.75. The number of hydrogen-bond acceptors (Lipinski definition) is 6. The lowest BCUT2D eigenvalue weighted by Gasteiger charge is -2.07. The maximum Gasteiger partial charge on any atom is 0.341 e. The lowest BCUT2D eigenvalue weighted by Crippen LogP contribution is -2.22. The highest BCUT2D eigenvalue weighted by atomic mass is 16.5. The zero-order valence-electron chi connectivity index (χ0n) is 13.3. The minimum Gasteiger partial charge on any atom is -0.482 e. The van der Waals surface area contributed by atoms with Gasteiger partial charge in [-0.25, -0.2) is 4.79 Å². The second-order valence-corrected chi connectivity index (χ2v) is 5.20. The first-order chi connectivity index (χ1) is 11.5. The van der Waals surface area contributed by atoms with Gasteiger partial charge in [0, 0.05) is 19.4 Å². The molecule has 2 aromatic rings. The number of nitrogens with zero attached hydrogens (tertiary/aromatic N) is 2. The van der Waals surface area contributed by atoms with Crippen LogP contribution in [-0.2, 0) is 22.6 Å². The Labute approximate surface area is 138 Å². The second kappa shape index (κ2) is 8.66. The molecule has 2 rings (SSSR count). The Balaban J connectivity index is 1.71. The summed E-state index contributed by atoms with van der Waals surface area (Å²) in [7, 11) is 0. The van der Waals surface area contributed by atoms with Crippen LogP contribution in [0, 0.1) is 6.92 Å². The first kappa shape index (κ1) is 17.5. The van der Waals surface area contributed by atoms with Gasteiger partial charge < -0.3 is 19.7 Å². The molecule has 24 heavy (non-hydrogen) atoms. The second-order valence-electron chi connectivity index (χ2n) is 5.20. The molecule has 0 saturated carbocycles. The number of nitrogens with one attached hydrogen (secondary N) is 1. The van der Waals surface area contributed by atoms with Crippen molar-refractivity contribution in [2.75, 3.05) is 6.61 Å². The van der Waals surface area contributed by atoms with Gasteiger partial charge in [0.05, 0.1) is 0 Å². The van der Waals surface area contributed by atoms with Crippen molar-refractivity contribution in [1.29, 1.82) is 0 Å². The standard InChI is InChI=1S/C16H19N3O5/c1-11-18-15(24-19-11)7-3-6-14(20)17-9-12-4-2-5-13(8-12)23-10-16(21)22/h2,4-5,8H,3,6-7,9-10H2,1H3,(H,17,20)(H,21,22). The number of aliphatic carboxylic acids is 1. The van der Waals surface area contributed by atoms with E-state index in [2.05, 4.69) is 15.5 Å². The molecular formula is C16H19N3O5. The summed E-state index contributed by atoms with van der Waals surface area (Å²) in [5.74, 6) is 0.451. The summed E-state index contributed by atoms with van der Waals surface area (Å²) >= 11 is 0. The Morgan fingerprint density at radius 3 is 2.92 bits per heavy atom. The van der Waals surface area contributed by atoms with Crippen molar-refractivity contribution in [2.24, 2.45) is 0 Å². The number of benzene rings is 1. The Hall–Kier alpha value is -2.90. The molecule has 0 bridgehead atoms. The predicted octanol–water partition coefficient (Wildman–Crippen LogP) is 1.48. The SMILES string of the molecule is Cc1noc(CCCC(=O)NCc2cccc(OCC(=O)O)c2)n1. The zero-order chi connectivity index (χ0) is 17.4. The molecule has 1 heterocycles. The van der Waals surface area contributed by atoms with Gasteiger partial charge in [-0.3, -0.25) is 4.79 Å². The molecule has 0 aliphatic carbocycles. The molecule has 2 N–H and O–H groups in total. The van der Waals surface area contributed by atoms with E-state index < -0.39 is 12.6 Å². The Morgan fingerprint density at radius 1 is 1.38 bits per heavy atom. The highest BCUT2D eigenvalue weighted by Gasteiger charge is 2.06. The Bertz CT molecular complexity index is 699. The molecule has 0 spiro atoms. The van der Waals surface area contributed by atoms with Gasteiger partial charge in [0.2, 0.25) is 11.8 Å². The Morgan fingerprint density at radius 2 is 2.21 bits per heavy atom.